The molecule has 2 N–H and O–H groups in total. The van der Waals surface area contributed by atoms with Crippen LogP contribution in [0.25, 0.3) is 0 Å². The number of anilines is 1. The van der Waals surface area contributed by atoms with Crippen molar-refractivity contribution in [3.63, 3.8) is 0 Å². The first-order valence-corrected chi connectivity index (χ1v) is 11.3. The topological polar surface area (TPSA) is 87.7 Å². The Kier molecular flexibility index (Phi) is 5.53. The van der Waals surface area contributed by atoms with Gasteiger partial charge in [0.05, 0.1) is 5.69 Å². The number of carbonyl (C=O) groups excluding carboxylic acids is 3. The number of fused-ring (bicyclic) bond motifs is 2. The van der Waals surface area contributed by atoms with Crippen molar-refractivity contribution in [2.24, 2.45) is 0 Å². The van der Waals surface area contributed by atoms with Crippen molar-refractivity contribution >= 4 is 23.5 Å². The monoisotopic (exact) mass is 455 g/mol. The number of rotatable bonds is 5. The van der Waals surface area contributed by atoms with E-state index in [4.69, 9.17) is 4.74 Å². The minimum Gasteiger partial charge on any atom is -0.455 e. The van der Waals surface area contributed by atoms with E-state index in [1.165, 1.54) is 0 Å². The van der Waals surface area contributed by atoms with Gasteiger partial charge in [0.1, 0.15) is 17.8 Å². The second kappa shape index (κ2) is 8.67. The average Bonchev–Trinajstić information content (AvgIpc) is 3.06. The molecule has 4 amide bonds. The van der Waals surface area contributed by atoms with Gasteiger partial charge in [0.25, 0.3) is 5.91 Å². The van der Waals surface area contributed by atoms with Gasteiger partial charge in [-0.25, -0.2) is 4.79 Å². The highest BCUT2D eigenvalue weighted by atomic mass is 16.5. The van der Waals surface area contributed by atoms with Gasteiger partial charge in [-0.05, 0) is 61.6 Å². The van der Waals surface area contributed by atoms with Gasteiger partial charge in [0, 0.05) is 0 Å². The van der Waals surface area contributed by atoms with Gasteiger partial charge in [0.15, 0.2) is 5.75 Å². The van der Waals surface area contributed by atoms with Crippen molar-refractivity contribution in [3.8, 4) is 11.5 Å². The molecule has 3 aromatic carbocycles. The van der Waals surface area contributed by atoms with Crippen molar-refractivity contribution in [3.05, 3.63) is 89.5 Å². The summed E-state index contributed by atoms with van der Waals surface area (Å²) in [4.78, 5) is 40.1. The molecular formula is C27H25N3O4. The van der Waals surface area contributed by atoms with Gasteiger partial charge in [0.2, 0.25) is 5.91 Å². The zero-order chi connectivity index (χ0) is 23.7. The summed E-state index contributed by atoms with van der Waals surface area (Å²) >= 11 is 0. The molecule has 1 unspecified atom stereocenters. The largest absolute Gasteiger partial charge is 0.455 e. The van der Waals surface area contributed by atoms with Crippen LogP contribution in [0.5, 0.6) is 11.5 Å². The van der Waals surface area contributed by atoms with E-state index in [1.807, 2.05) is 55.5 Å². The maximum Gasteiger partial charge on any atom is 0.325 e. The molecule has 0 saturated carbocycles. The van der Waals surface area contributed by atoms with Crippen LogP contribution in [-0.4, -0.2) is 29.3 Å². The van der Waals surface area contributed by atoms with Crippen LogP contribution < -0.4 is 15.4 Å². The minimum absolute atomic E-state index is 0.381. The lowest BCUT2D eigenvalue weighted by atomic mass is 9.76. The van der Waals surface area contributed by atoms with Gasteiger partial charge in [-0.3, -0.25) is 14.5 Å². The molecule has 0 radical (unpaired) electrons. The standard InChI is InChI=1S/C27H25N3O4/c1-18-12-14-20(15-13-18)34-23-11-5-4-10-22(23)28-24(31)17-30-25(32)27(29-26(30)33)16-6-8-19-7-2-3-9-21(19)27/h2-5,7,9-15H,6,8,16-17H2,1H3,(H,28,31)(H,29,33). The molecule has 1 saturated heterocycles. The van der Waals surface area contributed by atoms with E-state index in [-0.39, 0.29) is 12.5 Å². The third-order valence-corrected chi connectivity index (χ3v) is 6.36. The number of para-hydroxylation sites is 2. The molecule has 7 nitrogen and oxygen atoms in total. The van der Waals surface area contributed by atoms with Crippen molar-refractivity contribution in [1.29, 1.82) is 0 Å². The predicted molar refractivity (Wildman–Crippen MR) is 128 cm³/mol. The smallest absolute Gasteiger partial charge is 0.325 e. The molecule has 1 aliphatic heterocycles. The molecule has 3 aromatic rings. The highest BCUT2D eigenvalue weighted by Gasteiger charge is 2.54. The Bertz CT molecular complexity index is 1270. The number of hydrogen-bond donors (Lipinski definition) is 2. The number of amides is 4. The fraction of sp³-hybridized carbons (Fsp3) is 0.222. The summed E-state index contributed by atoms with van der Waals surface area (Å²) in [5.41, 5.74) is 2.34. The molecule has 2 aliphatic rings. The van der Waals surface area contributed by atoms with E-state index in [2.05, 4.69) is 10.6 Å². The summed E-state index contributed by atoms with van der Waals surface area (Å²) in [6.45, 7) is 1.61. The number of aryl methyl sites for hydroxylation is 2. The van der Waals surface area contributed by atoms with Crippen LogP contribution in [0, 0.1) is 6.92 Å². The third kappa shape index (κ3) is 3.90. The molecular weight excluding hydrogens is 430 g/mol. The summed E-state index contributed by atoms with van der Waals surface area (Å²) in [5.74, 6) is 0.238. The quantitative estimate of drug-likeness (QED) is 0.554. The van der Waals surface area contributed by atoms with Gasteiger partial charge >= 0.3 is 6.03 Å². The second-order valence-electron chi connectivity index (χ2n) is 8.70. The predicted octanol–water partition coefficient (Wildman–Crippen LogP) is 4.51. The SMILES string of the molecule is Cc1ccc(Oc2ccccc2NC(=O)CN2C(=O)NC3(CCCc4ccccc43)C2=O)cc1. The number of nitrogens with one attached hydrogen (secondary N) is 2. The maximum absolute atomic E-state index is 13.4. The Morgan fingerprint density at radius 1 is 1.03 bits per heavy atom. The highest BCUT2D eigenvalue weighted by Crippen LogP contribution is 2.40. The van der Waals surface area contributed by atoms with Crippen LogP contribution in [0.1, 0.15) is 29.5 Å². The van der Waals surface area contributed by atoms with Gasteiger partial charge in [-0.15, -0.1) is 0 Å². The first kappa shape index (κ1) is 21.7. The lowest BCUT2D eigenvalue weighted by Gasteiger charge is -2.33. The Morgan fingerprint density at radius 3 is 2.59 bits per heavy atom. The Labute approximate surface area is 197 Å². The second-order valence-corrected chi connectivity index (χ2v) is 8.70. The lowest BCUT2D eigenvalue weighted by Crippen LogP contribution is -2.47. The van der Waals surface area contributed by atoms with Crippen molar-refractivity contribution in [2.75, 3.05) is 11.9 Å². The molecule has 0 aromatic heterocycles. The van der Waals surface area contributed by atoms with E-state index in [1.54, 1.807) is 24.3 Å². The average molecular weight is 456 g/mol. The number of imide groups is 1. The number of hydrogen-bond acceptors (Lipinski definition) is 4. The zero-order valence-electron chi connectivity index (χ0n) is 18.8. The molecule has 1 heterocycles. The van der Waals surface area contributed by atoms with Crippen LogP contribution in [0.15, 0.2) is 72.8 Å². The van der Waals surface area contributed by atoms with Crippen LogP contribution in [0.2, 0.25) is 0 Å². The number of ether oxygens (including phenoxy) is 1. The van der Waals surface area contributed by atoms with Crippen molar-refractivity contribution in [1.82, 2.24) is 10.2 Å². The molecule has 1 spiro atoms. The Balaban J connectivity index is 1.32. The molecule has 0 bridgehead atoms. The molecule has 1 fully saturated rings. The summed E-state index contributed by atoms with van der Waals surface area (Å²) < 4.78 is 5.93. The van der Waals surface area contributed by atoms with Crippen molar-refractivity contribution < 1.29 is 19.1 Å². The van der Waals surface area contributed by atoms with Gasteiger partial charge < -0.3 is 15.4 Å². The van der Waals surface area contributed by atoms with Crippen LogP contribution in [-0.2, 0) is 21.5 Å². The highest BCUT2D eigenvalue weighted by molar-refractivity contribution is 6.10. The fourth-order valence-electron chi connectivity index (χ4n) is 4.68. The molecule has 7 heteroatoms. The van der Waals surface area contributed by atoms with Crippen LogP contribution >= 0.6 is 0 Å². The zero-order valence-corrected chi connectivity index (χ0v) is 18.8. The normalized spacial score (nSPS) is 19.0. The number of urea groups is 1. The van der Waals surface area contributed by atoms with Crippen LogP contribution in [0.4, 0.5) is 10.5 Å². The molecule has 1 atom stereocenters. The van der Waals surface area contributed by atoms with E-state index >= 15 is 0 Å². The Hall–Kier alpha value is -4.13. The number of nitrogens with zero attached hydrogens (tertiary/aromatic N) is 1. The van der Waals surface area contributed by atoms with E-state index in [0.717, 1.165) is 34.4 Å². The van der Waals surface area contributed by atoms with Gasteiger partial charge in [-0.2, -0.15) is 0 Å². The fourth-order valence-corrected chi connectivity index (χ4v) is 4.68. The maximum atomic E-state index is 13.4. The first-order chi connectivity index (χ1) is 16.5. The molecule has 34 heavy (non-hydrogen) atoms. The molecule has 5 rings (SSSR count). The van der Waals surface area contributed by atoms with Gasteiger partial charge in [-0.1, -0.05) is 54.1 Å². The van der Waals surface area contributed by atoms with Crippen molar-refractivity contribution in [2.45, 2.75) is 31.7 Å². The van der Waals surface area contributed by atoms with E-state index in [9.17, 15) is 14.4 Å². The lowest BCUT2D eigenvalue weighted by molar-refractivity contribution is -0.134. The minimum atomic E-state index is -1.10. The summed E-state index contributed by atoms with van der Waals surface area (Å²) in [5, 5.41) is 5.66. The Morgan fingerprint density at radius 2 is 1.76 bits per heavy atom. The number of benzene rings is 3. The summed E-state index contributed by atoms with van der Waals surface area (Å²) in [6, 6.07) is 21.7. The number of carbonyl (C=O) groups is 3. The molecule has 1 aliphatic carbocycles. The van der Waals surface area contributed by atoms with Crippen LogP contribution in [0.3, 0.4) is 0 Å². The summed E-state index contributed by atoms with van der Waals surface area (Å²) in [6.07, 6.45) is 2.16. The first-order valence-electron chi connectivity index (χ1n) is 11.3. The molecule has 172 valence electrons. The van der Waals surface area contributed by atoms with E-state index < -0.39 is 17.5 Å². The third-order valence-electron chi connectivity index (χ3n) is 6.36. The van der Waals surface area contributed by atoms with E-state index in [0.29, 0.717) is 23.6 Å². The summed E-state index contributed by atoms with van der Waals surface area (Å²) in [7, 11) is 0.